The van der Waals surface area contributed by atoms with Crippen molar-refractivity contribution in [3.05, 3.63) is 59.5 Å². The van der Waals surface area contributed by atoms with Gasteiger partial charge in [-0.05, 0) is 43.4 Å². The first-order valence-electron chi connectivity index (χ1n) is 8.39. The Kier molecular flexibility index (Phi) is 5.37. The number of carbonyl (C=O) groups excluding carboxylic acids is 1. The number of rotatable bonds is 6. The molecule has 0 aliphatic rings. The number of hydrogen-bond acceptors (Lipinski definition) is 5. The summed E-state index contributed by atoms with van der Waals surface area (Å²) in [6, 6.07) is 9.48. The van der Waals surface area contributed by atoms with E-state index in [1.54, 1.807) is 12.3 Å². The van der Waals surface area contributed by atoms with Crippen LogP contribution >= 0.6 is 0 Å². The van der Waals surface area contributed by atoms with Crippen molar-refractivity contribution in [2.75, 3.05) is 14.1 Å². The Morgan fingerprint density at radius 3 is 2.81 bits per heavy atom. The average Bonchev–Trinajstić information content (AvgIpc) is 3.02. The van der Waals surface area contributed by atoms with Gasteiger partial charge in [0.25, 0.3) is 5.91 Å². The number of ether oxygens (including phenoxy) is 1. The van der Waals surface area contributed by atoms with E-state index in [0.717, 1.165) is 28.6 Å². The van der Waals surface area contributed by atoms with Crippen LogP contribution in [0, 0.1) is 5.41 Å². The van der Waals surface area contributed by atoms with Crippen LogP contribution in [-0.4, -0.2) is 40.8 Å². The van der Waals surface area contributed by atoms with E-state index in [1.807, 2.05) is 44.6 Å². The molecule has 1 amide bonds. The zero-order chi connectivity index (χ0) is 19.4. The predicted octanol–water partition coefficient (Wildman–Crippen LogP) is 1.83. The van der Waals surface area contributed by atoms with Gasteiger partial charge in [0.15, 0.2) is 5.96 Å². The molecule has 0 spiro atoms. The second-order valence-corrected chi connectivity index (χ2v) is 6.53. The van der Waals surface area contributed by atoms with Crippen LogP contribution in [-0.2, 0) is 13.2 Å². The molecule has 0 atom stereocenters. The molecule has 0 radical (unpaired) electrons. The number of nitrogens with two attached hydrogens (primary N) is 1. The molecule has 27 heavy (non-hydrogen) atoms. The summed E-state index contributed by atoms with van der Waals surface area (Å²) in [7, 11) is 4.01. The smallest absolute Gasteiger partial charge is 0.274 e. The van der Waals surface area contributed by atoms with Crippen molar-refractivity contribution in [3.8, 4) is 5.75 Å². The number of pyridine rings is 1. The summed E-state index contributed by atoms with van der Waals surface area (Å²) in [5, 5.41) is 10.3. The third-order valence-corrected chi connectivity index (χ3v) is 3.85. The molecule has 140 valence electrons. The van der Waals surface area contributed by atoms with Crippen LogP contribution in [0.3, 0.4) is 0 Å². The molecule has 0 saturated carbocycles. The van der Waals surface area contributed by atoms with Crippen LogP contribution in [0.5, 0.6) is 5.75 Å². The molecule has 3 aromatic rings. The topological polar surface area (TPSA) is 120 Å². The summed E-state index contributed by atoms with van der Waals surface area (Å²) in [5.41, 5.74) is 8.39. The maximum Gasteiger partial charge on any atom is 0.274 e. The van der Waals surface area contributed by atoms with Crippen molar-refractivity contribution in [2.24, 2.45) is 5.73 Å². The fourth-order valence-corrected chi connectivity index (χ4v) is 2.74. The van der Waals surface area contributed by atoms with Crippen molar-refractivity contribution in [1.29, 1.82) is 5.41 Å². The fourth-order valence-electron chi connectivity index (χ4n) is 2.74. The third kappa shape index (κ3) is 4.83. The normalized spacial score (nSPS) is 10.9. The maximum atomic E-state index is 11.9. The summed E-state index contributed by atoms with van der Waals surface area (Å²) >= 11 is 0. The molecule has 5 N–H and O–H groups in total. The average molecular weight is 366 g/mol. The minimum absolute atomic E-state index is 0.346. The summed E-state index contributed by atoms with van der Waals surface area (Å²) in [5.74, 6) is -0.124. The lowest BCUT2D eigenvalue weighted by atomic mass is 10.2. The molecular formula is C19H22N6O2. The van der Waals surface area contributed by atoms with E-state index in [9.17, 15) is 4.79 Å². The number of aromatic nitrogens is 2. The van der Waals surface area contributed by atoms with Crippen molar-refractivity contribution < 1.29 is 9.53 Å². The first-order valence-corrected chi connectivity index (χ1v) is 8.39. The first-order chi connectivity index (χ1) is 12.9. The molecular weight excluding hydrogens is 344 g/mol. The number of aromatic amines is 1. The number of carbonyl (C=O) groups is 1. The molecule has 0 unspecified atom stereocenters. The minimum atomic E-state index is -0.444. The van der Waals surface area contributed by atoms with E-state index in [1.165, 1.54) is 0 Å². The van der Waals surface area contributed by atoms with E-state index >= 15 is 0 Å². The Morgan fingerprint density at radius 1 is 1.26 bits per heavy atom. The Hall–Kier alpha value is -3.39. The highest BCUT2D eigenvalue weighted by Gasteiger charge is 2.10. The number of benzene rings is 1. The van der Waals surface area contributed by atoms with Crippen molar-refractivity contribution >= 4 is 22.8 Å². The van der Waals surface area contributed by atoms with E-state index in [2.05, 4.69) is 20.2 Å². The van der Waals surface area contributed by atoms with E-state index in [4.69, 9.17) is 15.9 Å². The zero-order valence-electron chi connectivity index (χ0n) is 15.2. The van der Waals surface area contributed by atoms with Gasteiger partial charge in [0.1, 0.15) is 18.1 Å². The molecule has 8 heteroatoms. The standard InChI is InChI=1S/C19H22N6O2/c1-25(2)10-13-5-15(9-22-8-13)27-11-12-3-4-14-7-17(23-16(14)6-12)18(26)24-19(20)21/h3-9,23H,10-11H2,1-2H3,(H4,20,21,24,26). The van der Waals surface area contributed by atoms with Crippen LogP contribution in [0.2, 0.25) is 0 Å². The molecule has 1 aromatic carbocycles. The lowest BCUT2D eigenvalue weighted by Gasteiger charge is -2.11. The van der Waals surface area contributed by atoms with Crippen LogP contribution < -0.4 is 15.8 Å². The van der Waals surface area contributed by atoms with Crippen molar-refractivity contribution in [2.45, 2.75) is 13.2 Å². The maximum absolute atomic E-state index is 11.9. The molecule has 0 saturated heterocycles. The predicted molar refractivity (Wildman–Crippen MR) is 104 cm³/mol. The second kappa shape index (κ2) is 7.88. The number of guanidine groups is 1. The Bertz CT molecular complexity index is 979. The van der Waals surface area contributed by atoms with Gasteiger partial charge in [0.05, 0.1) is 6.20 Å². The summed E-state index contributed by atoms with van der Waals surface area (Å²) in [4.78, 5) is 21.2. The van der Waals surface area contributed by atoms with Crippen molar-refractivity contribution in [1.82, 2.24) is 20.2 Å². The molecule has 0 fully saturated rings. The van der Waals surface area contributed by atoms with Gasteiger partial charge in [-0.25, -0.2) is 0 Å². The molecule has 0 aliphatic heterocycles. The van der Waals surface area contributed by atoms with Gasteiger partial charge >= 0.3 is 0 Å². The highest BCUT2D eigenvalue weighted by atomic mass is 16.5. The van der Waals surface area contributed by atoms with Gasteiger partial charge in [-0.15, -0.1) is 0 Å². The zero-order valence-corrected chi connectivity index (χ0v) is 15.2. The highest BCUT2D eigenvalue weighted by molar-refractivity contribution is 6.05. The van der Waals surface area contributed by atoms with Crippen molar-refractivity contribution in [3.63, 3.8) is 0 Å². The van der Waals surface area contributed by atoms with E-state index < -0.39 is 11.9 Å². The molecule has 0 aliphatic carbocycles. The van der Waals surface area contributed by atoms with Gasteiger partial charge in [-0.3, -0.25) is 20.5 Å². The monoisotopic (exact) mass is 366 g/mol. The Morgan fingerprint density at radius 2 is 2.07 bits per heavy atom. The van der Waals surface area contributed by atoms with E-state index in [0.29, 0.717) is 18.1 Å². The number of amides is 1. The van der Waals surface area contributed by atoms with E-state index in [-0.39, 0.29) is 0 Å². The van der Waals surface area contributed by atoms with Gasteiger partial charge in [-0.2, -0.15) is 0 Å². The van der Waals surface area contributed by atoms with Crippen LogP contribution in [0.4, 0.5) is 0 Å². The quantitative estimate of drug-likeness (QED) is 0.392. The summed E-state index contributed by atoms with van der Waals surface area (Å²) in [6.07, 6.45) is 3.52. The molecule has 8 nitrogen and oxygen atoms in total. The largest absolute Gasteiger partial charge is 0.487 e. The molecule has 3 rings (SSSR count). The van der Waals surface area contributed by atoms with Gasteiger partial charge in [0, 0.05) is 23.6 Å². The second-order valence-electron chi connectivity index (χ2n) is 6.53. The molecule has 0 bridgehead atoms. The van der Waals surface area contributed by atoms with Gasteiger partial charge in [-0.1, -0.05) is 12.1 Å². The summed E-state index contributed by atoms with van der Waals surface area (Å²) < 4.78 is 5.85. The highest BCUT2D eigenvalue weighted by Crippen LogP contribution is 2.19. The third-order valence-electron chi connectivity index (χ3n) is 3.85. The minimum Gasteiger partial charge on any atom is -0.487 e. The first kappa shape index (κ1) is 18.4. The lowest BCUT2D eigenvalue weighted by molar-refractivity contribution is 0.0972. The number of nitrogens with zero attached hydrogens (tertiary/aromatic N) is 2. The lowest BCUT2D eigenvalue weighted by Crippen LogP contribution is -2.35. The van der Waals surface area contributed by atoms with Crippen LogP contribution in [0.15, 0.2) is 42.7 Å². The SMILES string of the molecule is CN(C)Cc1cncc(OCc2ccc3cc(C(=O)NC(=N)N)[nH]c3c2)c1. The Balaban J connectivity index is 1.70. The van der Waals surface area contributed by atoms with Gasteiger partial charge in [0.2, 0.25) is 0 Å². The Labute approximate surface area is 156 Å². The summed E-state index contributed by atoms with van der Waals surface area (Å²) in [6.45, 7) is 1.18. The molecule has 2 aromatic heterocycles. The molecule has 2 heterocycles. The number of nitrogens with one attached hydrogen (secondary N) is 3. The fraction of sp³-hybridized carbons (Fsp3) is 0.211. The number of hydrogen-bond donors (Lipinski definition) is 4. The van der Waals surface area contributed by atoms with Crippen LogP contribution in [0.25, 0.3) is 10.9 Å². The van der Waals surface area contributed by atoms with Crippen LogP contribution in [0.1, 0.15) is 21.6 Å². The number of H-pyrrole nitrogens is 1. The number of fused-ring (bicyclic) bond motifs is 1. The van der Waals surface area contributed by atoms with Gasteiger partial charge < -0.3 is 20.4 Å².